The predicted molar refractivity (Wildman–Crippen MR) is 139 cm³/mol. The van der Waals surface area contributed by atoms with E-state index in [2.05, 4.69) is 21.2 Å². The van der Waals surface area contributed by atoms with Crippen molar-refractivity contribution < 1.29 is 18.8 Å². The molecule has 0 spiro atoms. The van der Waals surface area contributed by atoms with Crippen molar-refractivity contribution in [3.63, 3.8) is 0 Å². The number of nitrogens with one attached hydrogen (secondary N) is 1. The Kier molecular flexibility index (Phi) is 6.47. The summed E-state index contributed by atoms with van der Waals surface area (Å²) in [7, 11) is 0. The molecule has 6 nitrogen and oxygen atoms in total. The van der Waals surface area contributed by atoms with Crippen LogP contribution in [0.3, 0.4) is 0 Å². The molecule has 4 amide bonds. The van der Waals surface area contributed by atoms with Crippen LogP contribution in [0.1, 0.15) is 16.7 Å². The molecular formula is C27H18BrClFN3O3. The van der Waals surface area contributed by atoms with Gasteiger partial charge in [0, 0.05) is 37.7 Å². The second-order valence-corrected chi connectivity index (χ2v) is 9.59. The molecule has 4 aromatic rings. The zero-order valence-electron chi connectivity index (χ0n) is 18.7. The van der Waals surface area contributed by atoms with Gasteiger partial charge in [-0.25, -0.2) is 9.18 Å². The maximum atomic E-state index is 14.5. The Morgan fingerprint density at radius 3 is 2.50 bits per heavy atom. The van der Waals surface area contributed by atoms with Crippen molar-refractivity contribution in [2.24, 2.45) is 0 Å². The molecule has 0 bridgehead atoms. The fraction of sp³-hybridized carbons (Fsp3) is 0.0741. The number of aromatic nitrogens is 1. The highest BCUT2D eigenvalue weighted by Gasteiger charge is 2.36. The number of hydrogen-bond acceptors (Lipinski definition) is 3. The molecule has 2 heterocycles. The minimum Gasteiger partial charge on any atom is -0.342 e. The Morgan fingerprint density at radius 1 is 0.972 bits per heavy atom. The minimum atomic E-state index is -0.776. The van der Waals surface area contributed by atoms with E-state index in [1.807, 2.05) is 24.3 Å². The third-order valence-electron chi connectivity index (χ3n) is 5.93. The number of carbonyl (C=O) groups is 3. The third kappa shape index (κ3) is 4.57. The summed E-state index contributed by atoms with van der Waals surface area (Å²) in [6, 6.07) is 18.3. The van der Waals surface area contributed by atoms with Crippen molar-refractivity contribution in [3.05, 3.63) is 111 Å². The topological polar surface area (TPSA) is 71.4 Å². The summed E-state index contributed by atoms with van der Waals surface area (Å²) in [6.07, 6.45) is 3.18. The van der Waals surface area contributed by atoms with E-state index in [4.69, 9.17) is 11.6 Å². The van der Waals surface area contributed by atoms with Gasteiger partial charge in [-0.05, 0) is 42.0 Å². The molecule has 1 fully saturated rings. The lowest BCUT2D eigenvalue weighted by molar-refractivity contribution is -0.130. The van der Waals surface area contributed by atoms with Crippen molar-refractivity contribution in [1.82, 2.24) is 14.8 Å². The van der Waals surface area contributed by atoms with E-state index in [9.17, 15) is 18.8 Å². The number of halogens is 3. The summed E-state index contributed by atoms with van der Waals surface area (Å²) in [5.74, 6) is -1.90. The van der Waals surface area contributed by atoms with Gasteiger partial charge in [0.05, 0.1) is 13.1 Å². The Labute approximate surface area is 219 Å². The van der Waals surface area contributed by atoms with Crippen molar-refractivity contribution >= 4 is 62.4 Å². The fourth-order valence-corrected chi connectivity index (χ4v) is 4.74. The first-order chi connectivity index (χ1) is 17.3. The Morgan fingerprint density at radius 2 is 1.75 bits per heavy atom. The second-order valence-electron chi connectivity index (χ2n) is 8.27. The number of urea groups is 1. The number of benzene rings is 3. The van der Waals surface area contributed by atoms with Gasteiger partial charge in [0.15, 0.2) is 0 Å². The average molecular weight is 567 g/mol. The summed E-state index contributed by atoms with van der Waals surface area (Å²) in [6.45, 7) is 0.167. The standard InChI is InChI=1S/C27H18BrClFN3O3/c28-18-9-10-24-19(12-18)17(14-32(24)15-21-22(29)7-4-8-23(21)30)11-20-25(34)31-27(36)33(26(20)35)13-16-5-2-1-3-6-16/h1-12,14H,13,15H2,(H,31,34,36)/b20-11+. The van der Waals surface area contributed by atoms with E-state index in [0.717, 1.165) is 25.8 Å². The molecule has 0 aliphatic carbocycles. The first-order valence-corrected chi connectivity index (χ1v) is 12.1. The maximum Gasteiger partial charge on any atom is 0.331 e. The van der Waals surface area contributed by atoms with Crippen molar-refractivity contribution in [2.45, 2.75) is 13.1 Å². The number of carbonyl (C=O) groups excluding carboxylic acids is 3. The molecular weight excluding hydrogens is 549 g/mol. The van der Waals surface area contributed by atoms with Gasteiger partial charge in [-0.3, -0.25) is 19.8 Å². The van der Waals surface area contributed by atoms with E-state index < -0.39 is 23.7 Å². The van der Waals surface area contributed by atoms with E-state index >= 15 is 0 Å². The SMILES string of the molecule is O=C1NC(=O)N(Cc2ccccc2)C(=O)/C1=C/c1cn(Cc2c(F)cccc2Cl)c2ccc(Br)cc12. The van der Waals surface area contributed by atoms with Crippen LogP contribution in [0.25, 0.3) is 17.0 Å². The van der Waals surface area contributed by atoms with E-state index in [1.165, 1.54) is 18.2 Å². The van der Waals surface area contributed by atoms with Crippen molar-refractivity contribution in [1.29, 1.82) is 0 Å². The summed E-state index contributed by atoms with van der Waals surface area (Å²) < 4.78 is 17.1. The molecule has 36 heavy (non-hydrogen) atoms. The molecule has 0 saturated carbocycles. The lowest BCUT2D eigenvalue weighted by atomic mass is 10.1. The first-order valence-electron chi connectivity index (χ1n) is 11.0. The van der Waals surface area contributed by atoms with Gasteiger partial charge in [0.25, 0.3) is 11.8 Å². The number of hydrogen-bond donors (Lipinski definition) is 1. The monoisotopic (exact) mass is 565 g/mol. The number of fused-ring (bicyclic) bond motifs is 1. The Balaban J connectivity index is 1.57. The fourth-order valence-electron chi connectivity index (χ4n) is 4.16. The van der Waals surface area contributed by atoms with Gasteiger partial charge >= 0.3 is 6.03 Å². The molecule has 1 saturated heterocycles. The summed E-state index contributed by atoms with van der Waals surface area (Å²) >= 11 is 9.70. The molecule has 0 unspecified atom stereocenters. The van der Waals surface area contributed by atoms with Crippen LogP contribution in [-0.4, -0.2) is 27.3 Å². The third-order valence-corrected chi connectivity index (χ3v) is 6.78. The highest BCUT2D eigenvalue weighted by molar-refractivity contribution is 9.10. The van der Waals surface area contributed by atoms with Crippen LogP contribution in [0.5, 0.6) is 0 Å². The summed E-state index contributed by atoms with van der Waals surface area (Å²) in [5.41, 5.74) is 2.21. The van der Waals surface area contributed by atoms with Crippen molar-refractivity contribution in [3.8, 4) is 0 Å². The quantitative estimate of drug-likeness (QED) is 0.241. The predicted octanol–water partition coefficient (Wildman–Crippen LogP) is 5.91. The van der Waals surface area contributed by atoms with Gasteiger partial charge in [-0.15, -0.1) is 0 Å². The zero-order chi connectivity index (χ0) is 25.4. The number of amides is 4. The van der Waals surface area contributed by atoms with Gasteiger partial charge in [0.1, 0.15) is 11.4 Å². The van der Waals surface area contributed by atoms with E-state index in [1.54, 1.807) is 41.1 Å². The molecule has 180 valence electrons. The highest BCUT2D eigenvalue weighted by atomic mass is 79.9. The Hall–Kier alpha value is -3.75. The van der Waals surface area contributed by atoms with Crippen molar-refractivity contribution in [2.75, 3.05) is 0 Å². The lowest BCUT2D eigenvalue weighted by Crippen LogP contribution is -2.53. The van der Waals surface area contributed by atoms with Crippen LogP contribution < -0.4 is 5.32 Å². The van der Waals surface area contributed by atoms with Crippen LogP contribution >= 0.6 is 27.5 Å². The average Bonchev–Trinajstić information content (AvgIpc) is 3.18. The molecule has 1 N–H and O–H groups in total. The molecule has 0 radical (unpaired) electrons. The maximum absolute atomic E-state index is 14.5. The van der Waals surface area contributed by atoms with Crippen LogP contribution in [0.15, 0.2) is 83.0 Å². The molecule has 3 aromatic carbocycles. The first kappa shape index (κ1) is 24.0. The molecule has 9 heteroatoms. The lowest BCUT2D eigenvalue weighted by Gasteiger charge is -2.26. The smallest absolute Gasteiger partial charge is 0.331 e. The normalized spacial score (nSPS) is 15.1. The van der Waals surface area contributed by atoms with Gasteiger partial charge in [0.2, 0.25) is 0 Å². The van der Waals surface area contributed by atoms with Crippen LogP contribution in [0, 0.1) is 5.82 Å². The molecule has 5 rings (SSSR count). The van der Waals surface area contributed by atoms with Gasteiger partial charge in [-0.2, -0.15) is 0 Å². The zero-order valence-corrected chi connectivity index (χ0v) is 21.0. The molecule has 1 aromatic heterocycles. The Bertz CT molecular complexity index is 1550. The number of nitrogens with zero attached hydrogens (tertiary/aromatic N) is 2. The number of rotatable bonds is 5. The van der Waals surface area contributed by atoms with E-state index in [-0.39, 0.29) is 18.7 Å². The second kappa shape index (κ2) is 9.72. The highest BCUT2D eigenvalue weighted by Crippen LogP contribution is 2.30. The van der Waals surface area contributed by atoms with E-state index in [0.29, 0.717) is 16.1 Å². The van der Waals surface area contributed by atoms with Crippen LogP contribution in [0.4, 0.5) is 9.18 Å². The molecule has 0 atom stereocenters. The largest absolute Gasteiger partial charge is 0.342 e. The number of barbiturate groups is 1. The summed E-state index contributed by atoms with van der Waals surface area (Å²) in [5, 5.41) is 3.28. The summed E-state index contributed by atoms with van der Waals surface area (Å²) in [4.78, 5) is 39.3. The van der Waals surface area contributed by atoms with Crippen LogP contribution in [0.2, 0.25) is 5.02 Å². The van der Waals surface area contributed by atoms with Crippen LogP contribution in [-0.2, 0) is 22.7 Å². The minimum absolute atomic E-state index is 0.0230. The molecule has 1 aliphatic rings. The molecule has 1 aliphatic heterocycles. The van der Waals surface area contributed by atoms with Gasteiger partial charge in [-0.1, -0.05) is 63.9 Å². The number of imide groups is 2. The van der Waals surface area contributed by atoms with Gasteiger partial charge < -0.3 is 4.57 Å².